The molecule has 2 aliphatic heterocycles. The van der Waals surface area contributed by atoms with E-state index in [2.05, 4.69) is 15.2 Å². The van der Waals surface area contributed by atoms with Gasteiger partial charge in [0.05, 0.1) is 12.3 Å². The summed E-state index contributed by atoms with van der Waals surface area (Å²) in [4.78, 5) is 35.3. The number of hydrogen-bond donors (Lipinski definition) is 2. The van der Waals surface area contributed by atoms with Crippen LogP contribution in [0.5, 0.6) is 0 Å². The van der Waals surface area contributed by atoms with Gasteiger partial charge in [0, 0.05) is 24.5 Å². The van der Waals surface area contributed by atoms with Gasteiger partial charge in [0.25, 0.3) is 5.91 Å². The Labute approximate surface area is 169 Å². The van der Waals surface area contributed by atoms with E-state index < -0.39 is 5.54 Å². The summed E-state index contributed by atoms with van der Waals surface area (Å²) < 4.78 is 0. The first kappa shape index (κ1) is 18.5. The molecule has 1 spiro atoms. The molecule has 3 aliphatic rings. The highest BCUT2D eigenvalue weighted by atomic mass is 16.3. The van der Waals surface area contributed by atoms with Crippen molar-refractivity contribution in [3.05, 3.63) is 24.0 Å². The Hall–Kier alpha value is -2.48. The molecule has 1 atom stereocenters. The molecule has 0 bridgehead atoms. The van der Waals surface area contributed by atoms with Gasteiger partial charge in [0.1, 0.15) is 11.2 Å². The highest BCUT2D eigenvalue weighted by Crippen LogP contribution is 2.41. The number of hydrogen-bond acceptors (Lipinski definition) is 5. The van der Waals surface area contributed by atoms with Crippen LogP contribution in [0, 0.1) is 0 Å². The molecule has 2 saturated heterocycles. The van der Waals surface area contributed by atoms with E-state index >= 15 is 0 Å². The zero-order valence-corrected chi connectivity index (χ0v) is 16.5. The van der Waals surface area contributed by atoms with Gasteiger partial charge >= 0.3 is 0 Å². The van der Waals surface area contributed by atoms with E-state index in [9.17, 15) is 14.7 Å². The smallest absolute Gasteiger partial charge is 0.273 e. The van der Waals surface area contributed by atoms with Crippen LogP contribution in [0.15, 0.2) is 18.3 Å². The van der Waals surface area contributed by atoms with Crippen LogP contribution in [0.25, 0.3) is 11.0 Å². The normalized spacial score (nSPS) is 30.4. The highest BCUT2D eigenvalue weighted by Gasteiger charge is 2.54. The van der Waals surface area contributed by atoms with Crippen molar-refractivity contribution < 1.29 is 14.7 Å². The van der Waals surface area contributed by atoms with Gasteiger partial charge in [0.15, 0.2) is 5.65 Å². The monoisotopic (exact) mass is 397 g/mol. The Balaban J connectivity index is 1.42. The second-order valence-corrected chi connectivity index (χ2v) is 8.66. The van der Waals surface area contributed by atoms with Crippen LogP contribution >= 0.6 is 0 Å². The maximum atomic E-state index is 13.7. The van der Waals surface area contributed by atoms with Crippen molar-refractivity contribution in [2.75, 3.05) is 13.1 Å². The fourth-order valence-electron chi connectivity index (χ4n) is 5.48. The summed E-state index contributed by atoms with van der Waals surface area (Å²) in [5.41, 5.74) is 0.200. The Morgan fingerprint density at radius 2 is 1.90 bits per heavy atom. The van der Waals surface area contributed by atoms with Gasteiger partial charge in [-0.15, -0.1) is 0 Å². The molecule has 1 saturated carbocycles. The topological polar surface area (TPSA) is 102 Å². The number of rotatable bonds is 2. The minimum absolute atomic E-state index is 0.0959. The van der Waals surface area contributed by atoms with Crippen molar-refractivity contribution in [2.24, 2.45) is 0 Å². The van der Waals surface area contributed by atoms with Crippen LogP contribution < -0.4 is 0 Å². The highest BCUT2D eigenvalue weighted by molar-refractivity contribution is 6.00. The number of piperidine rings is 1. The molecular weight excluding hydrogens is 370 g/mol. The minimum Gasteiger partial charge on any atom is -0.393 e. The molecule has 2 aromatic heterocycles. The SMILES string of the molecule is O=C(c1ccc2cn[nH]c2n1)N1CCCC12CCCN(C1CCC(O)CC1)C2=O. The summed E-state index contributed by atoms with van der Waals surface area (Å²) in [5.74, 6) is -0.0770. The van der Waals surface area contributed by atoms with Gasteiger partial charge in [-0.25, -0.2) is 4.98 Å². The first-order valence-corrected chi connectivity index (χ1v) is 10.7. The number of H-pyrrole nitrogens is 1. The molecule has 8 heteroatoms. The van der Waals surface area contributed by atoms with Crippen LogP contribution in [0.1, 0.15) is 61.9 Å². The predicted octanol–water partition coefficient (Wildman–Crippen LogP) is 1.86. The molecule has 154 valence electrons. The molecule has 0 aromatic carbocycles. The standard InChI is InChI=1S/C21H27N5O3/c27-16-6-4-15(5-7-16)25-11-1-9-21(20(25)29)10-2-12-26(21)19(28)17-8-3-14-13-22-24-18(14)23-17/h3,8,13,15-16,27H,1-2,4-7,9-12H2,(H,22,23,24). The van der Waals surface area contributed by atoms with E-state index in [-0.39, 0.29) is 24.0 Å². The van der Waals surface area contributed by atoms with Gasteiger partial charge in [0.2, 0.25) is 5.91 Å². The molecule has 8 nitrogen and oxygen atoms in total. The Kier molecular flexibility index (Phi) is 4.53. The zero-order valence-electron chi connectivity index (χ0n) is 16.5. The molecule has 2 aromatic rings. The summed E-state index contributed by atoms with van der Waals surface area (Å²) in [5, 5.41) is 17.5. The van der Waals surface area contributed by atoms with E-state index in [0.29, 0.717) is 17.9 Å². The third kappa shape index (κ3) is 3.01. The quantitative estimate of drug-likeness (QED) is 0.805. The molecule has 5 rings (SSSR count). The fraction of sp³-hybridized carbons (Fsp3) is 0.619. The summed E-state index contributed by atoms with van der Waals surface area (Å²) in [6.07, 6.45) is 7.79. The summed E-state index contributed by atoms with van der Waals surface area (Å²) in [6, 6.07) is 3.74. The first-order valence-electron chi connectivity index (χ1n) is 10.7. The Bertz CT molecular complexity index is 935. The van der Waals surface area contributed by atoms with Crippen molar-refractivity contribution in [3.63, 3.8) is 0 Å². The van der Waals surface area contributed by atoms with Crippen molar-refractivity contribution in [1.29, 1.82) is 0 Å². The molecule has 29 heavy (non-hydrogen) atoms. The van der Waals surface area contributed by atoms with Gasteiger partial charge in [-0.3, -0.25) is 14.7 Å². The Morgan fingerprint density at radius 1 is 1.14 bits per heavy atom. The summed E-state index contributed by atoms with van der Waals surface area (Å²) in [6.45, 7) is 1.34. The molecule has 4 heterocycles. The Morgan fingerprint density at radius 3 is 2.69 bits per heavy atom. The van der Waals surface area contributed by atoms with Gasteiger partial charge in [-0.2, -0.15) is 5.10 Å². The van der Waals surface area contributed by atoms with E-state index in [4.69, 9.17) is 0 Å². The zero-order chi connectivity index (χ0) is 20.0. The number of likely N-dealkylation sites (tertiary alicyclic amines) is 2. The first-order chi connectivity index (χ1) is 14.1. The minimum atomic E-state index is -0.740. The second kappa shape index (κ2) is 7.09. The number of carbonyl (C=O) groups excluding carboxylic acids is 2. The number of amides is 2. The number of nitrogens with zero attached hydrogens (tertiary/aromatic N) is 4. The van der Waals surface area contributed by atoms with Crippen LogP contribution in [0.2, 0.25) is 0 Å². The molecule has 0 radical (unpaired) electrons. The summed E-state index contributed by atoms with van der Waals surface area (Å²) >= 11 is 0. The second-order valence-electron chi connectivity index (χ2n) is 8.66. The third-order valence-electron chi connectivity index (χ3n) is 7.01. The number of aromatic amines is 1. The lowest BCUT2D eigenvalue weighted by Gasteiger charge is -2.48. The number of fused-ring (bicyclic) bond motifs is 1. The van der Waals surface area contributed by atoms with E-state index in [0.717, 1.165) is 63.3 Å². The van der Waals surface area contributed by atoms with E-state index in [1.165, 1.54) is 0 Å². The molecule has 2 amide bonds. The van der Waals surface area contributed by atoms with Crippen molar-refractivity contribution in [3.8, 4) is 0 Å². The largest absolute Gasteiger partial charge is 0.393 e. The molecular formula is C21H27N5O3. The number of carbonyl (C=O) groups is 2. The third-order valence-corrected chi connectivity index (χ3v) is 7.01. The average Bonchev–Trinajstić information content (AvgIpc) is 3.37. The van der Waals surface area contributed by atoms with Gasteiger partial charge in [-0.1, -0.05) is 0 Å². The molecule has 3 fully saturated rings. The fourth-order valence-corrected chi connectivity index (χ4v) is 5.48. The van der Waals surface area contributed by atoms with Crippen LogP contribution in [-0.4, -0.2) is 72.7 Å². The lowest BCUT2D eigenvalue weighted by molar-refractivity contribution is -0.149. The van der Waals surface area contributed by atoms with Crippen molar-refractivity contribution in [1.82, 2.24) is 25.0 Å². The number of aliphatic hydroxyl groups is 1. The van der Waals surface area contributed by atoms with Crippen molar-refractivity contribution >= 4 is 22.8 Å². The lowest BCUT2D eigenvalue weighted by atomic mass is 9.82. The van der Waals surface area contributed by atoms with Crippen LogP contribution in [0.4, 0.5) is 0 Å². The molecule has 2 N–H and O–H groups in total. The van der Waals surface area contributed by atoms with E-state index in [1.54, 1.807) is 17.2 Å². The van der Waals surface area contributed by atoms with Crippen LogP contribution in [-0.2, 0) is 4.79 Å². The lowest BCUT2D eigenvalue weighted by Crippen LogP contribution is -2.63. The molecule has 1 aliphatic carbocycles. The maximum Gasteiger partial charge on any atom is 0.273 e. The number of aromatic nitrogens is 3. The maximum absolute atomic E-state index is 13.7. The van der Waals surface area contributed by atoms with Gasteiger partial charge < -0.3 is 14.9 Å². The number of pyridine rings is 1. The van der Waals surface area contributed by atoms with Crippen LogP contribution in [0.3, 0.4) is 0 Å². The predicted molar refractivity (Wildman–Crippen MR) is 106 cm³/mol. The van der Waals surface area contributed by atoms with Gasteiger partial charge in [-0.05, 0) is 63.5 Å². The van der Waals surface area contributed by atoms with E-state index in [1.807, 2.05) is 11.0 Å². The van der Waals surface area contributed by atoms with Crippen molar-refractivity contribution in [2.45, 2.75) is 69.1 Å². The summed E-state index contributed by atoms with van der Waals surface area (Å²) in [7, 11) is 0. The number of nitrogens with one attached hydrogen (secondary N) is 1. The number of aliphatic hydroxyl groups excluding tert-OH is 1. The average molecular weight is 397 g/mol. The molecule has 1 unspecified atom stereocenters.